The van der Waals surface area contributed by atoms with E-state index in [9.17, 15) is 22.7 Å². The third-order valence-corrected chi connectivity index (χ3v) is 2.55. The standard InChI is InChI=1S/C11H13F4NO/c1-6(5-16)10(17)8-3-2-7(12)4-9(8)11(13,14)15/h2-4,6,10,17H,5,16H2,1H3. The molecule has 0 bridgehead atoms. The number of alkyl halides is 3. The van der Waals surface area contributed by atoms with Crippen LogP contribution in [0, 0.1) is 11.7 Å². The van der Waals surface area contributed by atoms with Gasteiger partial charge >= 0.3 is 6.18 Å². The molecule has 2 unspecified atom stereocenters. The third kappa shape index (κ3) is 3.17. The Kier molecular flexibility index (Phi) is 4.11. The summed E-state index contributed by atoms with van der Waals surface area (Å²) in [4.78, 5) is 0. The second-order valence-electron chi connectivity index (χ2n) is 3.89. The number of rotatable bonds is 3. The van der Waals surface area contributed by atoms with Crippen LogP contribution in [0.1, 0.15) is 24.2 Å². The number of halogens is 4. The highest BCUT2D eigenvalue weighted by Crippen LogP contribution is 2.36. The fourth-order valence-electron chi connectivity index (χ4n) is 1.47. The summed E-state index contributed by atoms with van der Waals surface area (Å²) in [5, 5.41) is 9.72. The first kappa shape index (κ1) is 13.9. The summed E-state index contributed by atoms with van der Waals surface area (Å²) in [7, 11) is 0. The Morgan fingerprint density at radius 1 is 1.35 bits per heavy atom. The Bertz CT molecular complexity index is 392. The highest BCUT2D eigenvalue weighted by atomic mass is 19.4. The van der Waals surface area contributed by atoms with Gasteiger partial charge in [0.1, 0.15) is 5.82 Å². The van der Waals surface area contributed by atoms with E-state index in [1.54, 1.807) is 0 Å². The molecule has 6 heteroatoms. The summed E-state index contributed by atoms with van der Waals surface area (Å²) in [6.07, 6.45) is -6.07. The quantitative estimate of drug-likeness (QED) is 0.811. The van der Waals surface area contributed by atoms with Crippen molar-refractivity contribution in [1.29, 1.82) is 0 Å². The molecule has 0 saturated heterocycles. The van der Waals surface area contributed by atoms with E-state index in [1.807, 2.05) is 0 Å². The van der Waals surface area contributed by atoms with Gasteiger partial charge in [0, 0.05) is 0 Å². The number of nitrogens with two attached hydrogens (primary N) is 1. The van der Waals surface area contributed by atoms with Crippen LogP contribution in [-0.4, -0.2) is 11.7 Å². The molecule has 17 heavy (non-hydrogen) atoms. The van der Waals surface area contributed by atoms with Crippen molar-refractivity contribution in [1.82, 2.24) is 0 Å². The summed E-state index contributed by atoms with van der Waals surface area (Å²) >= 11 is 0. The van der Waals surface area contributed by atoms with Crippen molar-refractivity contribution in [3.8, 4) is 0 Å². The first-order valence-electron chi connectivity index (χ1n) is 5.02. The fraction of sp³-hybridized carbons (Fsp3) is 0.455. The maximum Gasteiger partial charge on any atom is 0.416 e. The van der Waals surface area contributed by atoms with Crippen LogP contribution in [0.5, 0.6) is 0 Å². The third-order valence-electron chi connectivity index (χ3n) is 2.55. The minimum atomic E-state index is -4.70. The zero-order valence-electron chi connectivity index (χ0n) is 9.13. The highest BCUT2D eigenvalue weighted by Gasteiger charge is 2.36. The van der Waals surface area contributed by atoms with Crippen molar-refractivity contribution in [3.05, 3.63) is 35.1 Å². The summed E-state index contributed by atoms with van der Waals surface area (Å²) in [6.45, 7) is 1.56. The van der Waals surface area contributed by atoms with E-state index >= 15 is 0 Å². The molecule has 1 aromatic carbocycles. The summed E-state index contributed by atoms with van der Waals surface area (Å²) in [5.41, 5.74) is 3.77. The van der Waals surface area contributed by atoms with Crippen LogP contribution in [0.3, 0.4) is 0 Å². The van der Waals surface area contributed by atoms with E-state index < -0.39 is 29.6 Å². The van der Waals surface area contributed by atoms with E-state index in [0.29, 0.717) is 6.07 Å². The van der Waals surface area contributed by atoms with Gasteiger partial charge < -0.3 is 10.8 Å². The monoisotopic (exact) mass is 251 g/mol. The normalized spacial score (nSPS) is 15.7. The molecular weight excluding hydrogens is 238 g/mol. The largest absolute Gasteiger partial charge is 0.416 e. The fourth-order valence-corrected chi connectivity index (χ4v) is 1.47. The molecule has 0 heterocycles. The average molecular weight is 251 g/mol. The molecule has 2 atom stereocenters. The van der Waals surface area contributed by atoms with E-state index in [1.165, 1.54) is 6.92 Å². The minimum absolute atomic E-state index is 0.0375. The molecule has 0 fully saturated rings. The van der Waals surface area contributed by atoms with E-state index in [4.69, 9.17) is 5.73 Å². The minimum Gasteiger partial charge on any atom is -0.388 e. The maximum absolute atomic E-state index is 12.8. The molecular formula is C11H13F4NO. The second kappa shape index (κ2) is 5.01. The molecule has 0 aliphatic rings. The molecule has 0 aromatic heterocycles. The van der Waals surface area contributed by atoms with Crippen molar-refractivity contribution in [3.63, 3.8) is 0 Å². The average Bonchev–Trinajstić information content (AvgIpc) is 2.25. The van der Waals surface area contributed by atoms with Gasteiger partial charge in [-0.15, -0.1) is 0 Å². The van der Waals surface area contributed by atoms with Crippen LogP contribution in [0.2, 0.25) is 0 Å². The SMILES string of the molecule is CC(CN)C(O)c1ccc(F)cc1C(F)(F)F. The molecule has 3 N–H and O–H groups in total. The Morgan fingerprint density at radius 3 is 2.41 bits per heavy atom. The lowest BCUT2D eigenvalue weighted by Gasteiger charge is -2.21. The lowest BCUT2D eigenvalue weighted by atomic mass is 9.93. The number of aliphatic hydroxyl groups is 1. The molecule has 1 rings (SSSR count). The molecule has 0 saturated carbocycles. The van der Waals surface area contributed by atoms with Crippen molar-refractivity contribution in [2.24, 2.45) is 11.7 Å². The first-order chi connectivity index (χ1) is 7.77. The molecule has 0 aliphatic carbocycles. The lowest BCUT2D eigenvalue weighted by Crippen LogP contribution is -2.22. The van der Waals surface area contributed by atoms with Gasteiger partial charge in [0.05, 0.1) is 11.7 Å². The highest BCUT2D eigenvalue weighted by molar-refractivity contribution is 5.32. The zero-order chi connectivity index (χ0) is 13.2. The number of benzene rings is 1. The number of aliphatic hydroxyl groups excluding tert-OH is 1. The zero-order valence-corrected chi connectivity index (χ0v) is 9.13. The Labute approximate surface area is 96.1 Å². The smallest absolute Gasteiger partial charge is 0.388 e. The van der Waals surface area contributed by atoms with E-state index in [-0.39, 0.29) is 12.1 Å². The van der Waals surface area contributed by atoms with Crippen LogP contribution in [0.15, 0.2) is 18.2 Å². The summed E-state index contributed by atoms with van der Waals surface area (Å²) in [6, 6.07) is 2.20. The van der Waals surface area contributed by atoms with Gasteiger partial charge in [-0.3, -0.25) is 0 Å². The summed E-state index contributed by atoms with van der Waals surface area (Å²) in [5.74, 6) is -1.53. The van der Waals surface area contributed by atoms with Gasteiger partial charge in [0.2, 0.25) is 0 Å². The topological polar surface area (TPSA) is 46.2 Å². The van der Waals surface area contributed by atoms with Crippen molar-refractivity contribution < 1.29 is 22.7 Å². The van der Waals surface area contributed by atoms with Gasteiger partial charge in [-0.2, -0.15) is 13.2 Å². The van der Waals surface area contributed by atoms with Gasteiger partial charge in [-0.1, -0.05) is 13.0 Å². The van der Waals surface area contributed by atoms with Crippen LogP contribution < -0.4 is 5.73 Å². The predicted octanol–water partition coefficient (Wildman–Crippen LogP) is 2.47. The van der Waals surface area contributed by atoms with Crippen LogP contribution in [-0.2, 0) is 6.18 Å². The lowest BCUT2D eigenvalue weighted by molar-refractivity contribution is -0.139. The predicted molar refractivity (Wildman–Crippen MR) is 54.6 cm³/mol. The Morgan fingerprint density at radius 2 is 1.94 bits per heavy atom. The van der Waals surface area contributed by atoms with Gasteiger partial charge in [-0.05, 0) is 30.2 Å². The Hall–Kier alpha value is -1.14. The van der Waals surface area contributed by atoms with E-state index in [0.717, 1.165) is 12.1 Å². The number of hydrogen-bond donors (Lipinski definition) is 2. The van der Waals surface area contributed by atoms with Crippen molar-refractivity contribution in [2.75, 3.05) is 6.54 Å². The second-order valence-corrected chi connectivity index (χ2v) is 3.89. The van der Waals surface area contributed by atoms with Gasteiger partial charge in [0.25, 0.3) is 0 Å². The number of hydrogen-bond acceptors (Lipinski definition) is 2. The molecule has 2 nitrogen and oxygen atoms in total. The van der Waals surface area contributed by atoms with Gasteiger partial charge in [-0.25, -0.2) is 4.39 Å². The van der Waals surface area contributed by atoms with Crippen molar-refractivity contribution >= 4 is 0 Å². The van der Waals surface area contributed by atoms with Crippen LogP contribution in [0.4, 0.5) is 17.6 Å². The Balaban J connectivity index is 3.24. The molecule has 0 amide bonds. The van der Waals surface area contributed by atoms with Gasteiger partial charge in [0.15, 0.2) is 0 Å². The van der Waals surface area contributed by atoms with Crippen LogP contribution >= 0.6 is 0 Å². The van der Waals surface area contributed by atoms with E-state index in [2.05, 4.69) is 0 Å². The maximum atomic E-state index is 12.8. The summed E-state index contributed by atoms with van der Waals surface area (Å²) < 4.78 is 50.8. The molecule has 1 aromatic rings. The molecule has 96 valence electrons. The molecule has 0 aliphatic heterocycles. The molecule has 0 spiro atoms. The first-order valence-corrected chi connectivity index (χ1v) is 5.02. The van der Waals surface area contributed by atoms with Crippen molar-refractivity contribution in [2.45, 2.75) is 19.2 Å². The molecule has 0 radical (unpaired) electrons. The van der Waals surface area contributed by atoms with Crippen LogP contribution in [0.25, 0.3) is 0 Å².